The largest absolute Gasteiger partial charge is 0.399 e. The van der Waals surface area contributed by atoms with Gasteiger partial charge >= 0.3 is 0 Å². The quantitative estimate of drug-likeness (QED) is 0.856. The minimum absolute atomic E-state index is 0.662. The van der Waals surface area contributed by atoms with Crippen LogP contribution in [-0.2, 0) is 13.1 Å². The number of hydrogen-bond donors (Lipinski definition) is 1. The highest BCUT2D eigenvalue weighted by Crippen LogP contribution is 2.22. The van der Waals surface area contributed by atoms with Crippen LogP contribution in [0.4, 0.5) is 5.69 Å². The number of nitrogens with zero attached hydrogens (tertiary/aromatic N) is 1. The van der Waals surface area contributed by atoms with Crippen molar-refractivity contribution in [1.29, 1.82) is 0 Å². The Morgan fingerprint density at radius 2 is 1.68 bits per heavy atom. The van der Waals surface area contributed by atoms with Crippen molar-refractivity contribution in [3.8, 4) is 0 Å². The summed E-state index contributed by atoms with van der Waals surface area (Å²) in [5, 5.41) is 1.37. The van der Waals surface area contributed by atoms with Gasteiger partial charge in [-0.15, -0.1) is 0 Å². The van der Waals surface area contributed by atoms with Crippen LogP contribution < -0.4 is 5.73 Å². The van der Waals surface area contributed by atoms with E-state index in [1.165, 1.54) is 5.56 Å². The van der Waals surface area contributed by atoms with Gasteiger partial charge in [-0.05, 0) is 42.4 Å². The molecule has 2 aromatic rings. The SMILES string of the molecule is CN(Cc1ccc(N)cc1)Cc1ccc(Cl)cc1Cl. The second-order valence-corrected chi connectivity index (χ2v) is 5.49. The molecular weight excluding hydrogens is 279 g/mol. The summed E-state index contributed by atoms with van der Waals surface area (Å²) in [5.74, 6) is 0. The van der Waals surface area contributed by atoms with Crippen molar-refractivity contribution in [3.05, 3.63) is 63.6 Å². The van der Waals surface area contributed by atoms with Crippen LogP contribution >= 0.6 is 23.2 Å². The van der Waals surface area contributed by atoms with Crippen molar-refractivity contribution < 1.29 is 0 Å². The highest BCUT2D eigenvalue weighted by Gasteiger charge is 2.06. The van der Waals surface area contributed by atoms with E-state index in [9.17, 15) is 0 Å². The standard InChI is InChI=1S/C15H16Cl2N2/c1-19(9-11-2-6-14(18)7-3-11)10-12-4-5-13(16)8-15(12)17/h2-8H,9-10,18H2,1H3. The molecule has 0 fully saturated rings. The Morgan fingerprint density at radius 3 is 2.32 bits per heavy atom. The van der Waals surface area contributed by atoms with E-state index in [1.807, 2.05) is 36.4 Å². The first-order valence-corrected chi connectivity index (χ1v) is 6.77. The second-order valence-electron chi connectivity index (χ2n) is 4.65. The Morgan fingerprint density at radius 1 is 1.00 bits per heavy atom. The van der Waals surface area contributed by atoms with Crippen molar-refractivity contribution in [3.63, 3.8) is 0 Å². The highest BCUT2D eigenvalue weighted by atomic mass is 35.5. The number of benzene rings is 2. The summed E-state index contributed by atoms with van der Waals surface area (Å²) in [6.07, 6.45) is 0. The minimum Gasteiger partial charge on any atom is -0.399 e. The molecule has 2 aromatic carbocycles. The maximum absolute atomic E-state index is 6.17. The smallest absolute Gasteiger partial charge is 0.0465 e. The Kier molecular flexibility index (Phi) is 4.70. The molecule has 0 unspecified atom stereocenters. The fourth-order valence-corrected chi connectivity index (χ4v) is 2.40. The fourth-order valence-electron chi connectivity index (χ4n) is 1.93. The summed E-state index contributed by atoms with van der Waals surface area (Å²) in [4.78, 5) is 2.20. The molecular formula is C15H16Cl2N2. The number of hydrogen-bond acceptors (Lipinski definition) is 2. The molecule has 0 atom stereocenters. The molecule has 100 valence electrons. The lowest BCUT2D eigenvalue weighted by molar-refractivity contribution is 0.319. The lowest BCUT2D eigenvalue weighted by Crippen LogP contribution is -2.17. The van der Waals surface area contributed by atoms with Crippen LogP contribution in [0, 0.1) is 0 Å². The van der Waals surface area contributed by atoms with Gasteiger partial charge in [-0.3, -0.25) is 4.90 Å². The molecule has 0 saturated carbocycles. The van der Waals surface area contributed by atoms with Crippen LogP contribution in [0.25, 0.3) is 0 Å². The third kappa shape index (κ3) is 4.13. The predicted octanol–water partition coefficient (Wildman–Crippen LogP) is 4.21. The number of anilines is 1. The van der Waals surface area contributed by atoms with Crippen LogP contribution in [0.5, 0.6) is 0 Å². The van der Waals surface area contributed by atoms with E-state index in [1.54, 1.807) is 6.07 Å². The Bertz CT molecular complexity index is 553. The van der Waals surface area contributed by atoms with Gasteiger partial charge in [0.05, 0.1) is 0 Å². The zero-order chi connectivity index (χ0) is 13.8. The van der Waals surface area contributed by atoms with E-state index in [0.29, 0.717) is 10.0 Å². The van der Waals surface area contributed by atoms with Crippen molar-refractivity contribution in [2.24, 2.45) is 0 Å². The zero-order valence-electron chi connectivity index (χ0n) is 10.7. The highest BCUT2D eigenvalue weighted by molar-refractivity contribution is 6.35. The molecule has 2 nitrogen and oxygen atoms in total. The van der Waals surface area contributed by atoms with E-state index in [0.717, 1.165) is 24.3 Å². The minimum atomic E-state index is 0.662. The lowest BCUT2D eigenvalue weighted by Gasteiger charge is -2.17. The Balaban J connectivity index is 2.01. The molecule has 0 aliphatic carbocycles. The summed E-state index contributed by atoms with van der Waals surface area (Å²) < 4.78 is 0. The van der Waals surface area contributed by atoms with Crippen molar-refractivity contribution >= 4 is 28.9 Å². The zero-order valence-corrected chi connectivity index (χ0v) is 12.2. The van der Waals surface area contributed by atoms with Crippen LogP contribution in [0.3, 0.4) is 0 Å². The van der Waals surface area contributed by atoms with Crippen molar-refractivity contribution in [2.75, 3.05) is 12.8 Å². The van der Waals surface area contributed by atoms with Gasteiger partial charge < -0.3 is 5.73 Å². The van der Waals surface area contributed by atoms with Gasteiger partial charge in [-0.1, -0.05) is 41.4 Å². The molecule has 19 heavy (non-hydrogen) atoms. The van der Waals surface area contributed by atoms with Crippen LogP contribution in [-0.4, -0.2) is 11.9 Å². The molecule has 0 heterocycles. The van der Waals surface area contributed by atoms with Gasteiger partial charge in [-0.2, -0.15) is 0 Å². The summed E-state index contributed by atoms with van der Waals surface area (Å²) in [7, 11) is 2.06. The maximum Gasteiger partial charge on any atom is 0.0465 e. The lowest BCUT2D eigenvalue weighted by atomic mass is 10.1. The van der Waals surface area contributed by atoms with E-state index < -0.39 is 0 Å². The molecule has 0 radical (unpaired) electrons. The van der Waals surface area contributed by atoms with Crippen LogP contribution in [0.1, 0.15) is 11.1 Å². The molecule has 0 aliphatic rings. The number of nitrogen functional groups attached to an aromatic ring is 1. The van der Waals surface area contributed by atoms with Crippen LogP contribution in [0.15, 0.2) is 42.5 Å². The fraction of sp³-hybridized carbons (Fsp3) is 0.200. The maximum atomic E-state index is 6.17. The molecule has 0 aromatic heterocycles. The average Bonchev–Trinajstić information content (AvgIpc) is 2.36. The van der Waals surface area contributed by atoms with Crippen molar-refractivity contribution in [1.82, 2.24) is 4.90 Å². The Labute approximate surface area is 123 Å². The summed E-state index contributed by atoms with van der Waals surface area (Å²) in [6.45, 7) is 1.62. The summed E-state index contributed by atoms with van der Waals surface area (Å²) >= 11 is 12.1. The Hall–Kier alpha value is -1.22. The van der Waals surface area contributed by atoms with E-state index in [-0.39, 0.29) is 0 Å². The van der Waals surface area contributed by atoms with Gasteiger partial charge in [0.25, 0.3) is 0 Å². The predicted molar refractivity (Wildman–Crippen MR) is 82.5 cm³/mol. The molecule has 0 bridgehead atoms. The first-order valence-electron chi connectivity index (χ1n) is 6.01. The summed E-state index contributed by atoms with van der Waals surface area (Å²) in [6, 6.07) is 13.5. The van der Waals surface area contributed by atoms with Gasteiger partial charge in [-0.25, -0.2) is 0 Å². The van der Waals surface area contributed by atoms with Crippen LogP contribution in [0.2, 0.25) is 10.0 Å². The van der Waals surface area contributed by atoms with Crippen molar-refractivity contribution in [2.45, 2.75) is 13.1 Å². The average molecular weight is 295 g/mol. The molecule has 0 aliphatic heterocycles. The molecule has 4 heteroatoms. The normalized spacial score (nSPS) is 10.9. The van der Waals surface area contributed by atoms with Gasteiger partial charge in [0.2, 0.25) is 0 Å². The second kappa shape index (κ2) is 6.29. The molecule has 2 rings (SSSR count). The van der Waals surface area contributed by atoms with E-state index in [2.05, 4.69) is 11.9 Å². The number of halogens is 2. The first-order chi connectivity index (χ1) is 9.04. The third-order valence-corrected chi connectivity index (χ3v) is 3.47. The molecule has 0 amide bonds. The molecule has 2 N–H and O–H groups in total. The summed E-state index contributed by atoms with van der Waals surface area (Å²) in [5.41, 5.74) is 8.75. The first kappa shape index (κ1) is 14.2. The van der Waals surface area contributed by atoms with E-state index >= 15 is 0 Å². The number of nitrogens with two attached hydrogens (primary N) is 1. The van der Waals surface area contributed by atoms with Gasteiger partial charge in [0.1, 0.15) is 0 Å². The molecule has 0 spiro atoms. The third-order valence-electron chi connectivity index (χ3n) is 2.89. The monoisotopic (exact) mass is 294 g/mol. The van der Waals surface area contributed by atoms with Gasteiger partial charge in [0.15, 0.2) is 0 Å². The number of rotatable bonds is 4. The van der Waals surface area contributed by atoms with Gasteiger partial charge in [0, 0.05) is 28.8 Å². The van der Waals surface area contributed by atoms with E-state index in [4.69, 9.17) is 28.9 Å². The topological polar surface area (TPSA) is 29.3 Å². The molecule has 0 saturated heterocycles.